The molecule has 0 aromatic carbocycles. The van der Waals surface area contributed by atoms with Gasteiger partial charge in [0.15, 0.2) is 0 Å². The van der Waals surface area contributed by atoms with Crippen LogP contribution in [0.3, 0.4) is 0 Å². The Kier molecular flexibility index (Phi) is 3.79. The van der Waals surface area contributed by atoms with Crippen LogP contribution in [-0.2, 0) is 6.54 Å². The fourth-order valence-corrected chi connectivity index (χ4v) is 1.68. The molecule has 2 aromatic rings. The lowest BCUT2D eigenvalue weighted by Gasteiger charge is -2.16. The first kappa shape index (κ1) is 13.1. The van der Waals surface area contributed by atoms with E-state index >= 15 is 0 Å². The monoisotopic (exact) mass is 259 g/mol. The number of nitrogens with one attached hydrogen (secondary N) is 1. The summed E-state index contributed by atoms with van der Waals surface area (Å²) in [6, 6.07) is 3.61. The molecular formula is C13H17N5O. The summed E-state index contributed by atoms with van der Waals surface area (Å²) < 4.78 is 0. The van der Waals surface area contributed by atoms with Crippen LogP contribution in [0.15, 0.2) is 30.7 Å². The molecule has 0 saturated carbocycles. The fourth-order valence-electron chi connectivity index (χ4n) is 1.68. The first-order valence-corrected chi connectivity index (χ1v) is 5.95. The molecule has 0 aliphatic rings. The number of aromatic amines is 1. The van der Waals surface area contributed by atoms with Crippen molar-refractivity contribution in [1.29, 1.82) is 0 Å². The third-order valence-corrected chi connectivity index (χ3v) is 2.74. The Labute approximate surface area is 112 Å². The van der Waals surface area contributed by atoms with Gasteiger partial charge in [-0.25, -0.2) is 9.97 Å². The van der Waals surface area contributed by atoms with E-state index < -0.39 is 0 Å². The van der Waals surface area contributed by atoms with Crippen molar-refractivity contribution in [3.8, 4) is 0 Å². The first-order chi connectivity index (χ1) is 9.08. The van der Waals surface area contributed by atoms with E-state index in [-0.39, 0.29) is 5.91 Å². The molecule has 0 spiro atoms. The van der Waals surface area contributed by atoms with Crippen molar-refractivity contribution >= 4 is 11.7 Å². The van der Waals surface area contributed by atoms with Crippen LogP contribution in [0.1, 0.15) is 16.2 Å². The lowest BCUT2D eigenvalue weighted by molar-refractivity contribution is 0.0781. The number of imidazole rings is 1. The summed E-state index contributed by atoms with van der Waals surface area (Å²) in [6.07, 6.45) is 5.00. The fraction of sp³-hybridized carbons (Fsp3) is 0.308. The van der Waals surface area contributed by atoms with Crippen molar-refractivity contribution in [2.75, 3.05) is 26.0 Å². The molecule has 19 heavy (non-hydrogen) atoms. The molecular weight excluding hydrogens is 242 g/mol. The largest absolute Gasteiger partial charge is 0.363 e. The van der Waals surface area contributed by atoms with E-state index in [1.165, 1.54) is 0 Å². The lowest BCUT2D eigenvalue weighted by Crippen LogP contribution is -2.27. The van der Waals surface area contributed by atoms with Gasteiger partial charge in [-0.1, -0.05) is 0 Å². The molecule has 0 aliphatic carbocycles. The molecule has 0 radical (unpaired) electrons. The number of nitrogens with zero attached hydrogens (tertiary/aromatic N) is 4. The maximum atomic E-state index is 12.2. The van der Waals surface area contributed by atoms with E-state index in [9.17, 15) is 4.79 Å². The van der Waals surface area contributed by atoms with Crippen LogP contribution in [0.4, 0.5) is 5.82 Å². The van der Waals surface area contributed by atoms with Crippen molar-refractivity contribution in [3.05, 3.63) is 42.1 Å². The summed E-state index contributed by atoms with van der Waals surface area (Å²) in [5, 5.41) is 0. The van der Waals surface area contributed by atoms with Gasteiger partial charge >= 0.3 is 0 Å². The van der Waals surface area contributed by atoms with Crippen molar-refractivity contribution in [2.45, 2.75) is 6.54 Å². The summed E-state index contributed by atoms with van der Waals surface area (Å²) in [6.45, 7) is 0.446. The second-order valence-electron chi connectivity index (χ2n) is 4.50. The Morgan fingerprint density at radius 2 is 2.05 bits per heavy atom. The summed E-state index contributed by atoms with van der Waals surface area (Å²) in [4.78, 5) is 27.0. The SMILES string of the molecule is CN(Cc1ncc[nH]1)C(=O)c1ccc(N(C)C)nc1. The highest BCUT2D eigenvalue weighted by atomic mass is 16.2. The van der Waals surface area contributed by atoms with Crippen molar-refractivity contribution in [1.82, 2.24) is 19.9 Å². The van der Waals surface area contributed by atoms with Gasteiger partial charge in [0.2, 0.25) is 0 Å². The van der Waals surface area contributed by atoms with Crippen LogP contribution >= 0.6 is 0 Å². The summed E-state index contributed by atoms with van der Waals surface area (Å²) in [5.74, 6) is 1.51. The first-order valence-electron chi connectivity index (χ1n) is 5.95. The third kappa shape index (κ3) is 3.09. The number of pyridine rings is 1. The number of anilines is 1. The molecule has 0 saturated heterocycles. The molecule has 0 aliphatic heterocycles. The number of rotatable bonds is 4. The summed E-state index contributed by atoms with van der Waals surface area (Å²) >= 11 is 0. The molecule has 6 heteroatoms. The molecule has 0 atom stereocenters. The molecule has 0 fully saturated rings. The smallest absolute Gasteiger partial charge is 0.255 e. The van der Waals surface area contributed by atoms with Gasteiger partial charge < -0.3 is 14.8 Å². The van der Waals surface area contributed by atoms with Crippen molar-refractivity contribution < 1.29 is 4.79 Å². The highest BCUT2D eigenvalue weighted by Gasteiger charge is 2.13. The van der Waals surface area contributed by atoms with E-state index in [2.05, 4.69) is 15.0 Å². The van der Waals surface area contributed by atoms with E-state index in [0.29, 0.717) is 12.1 Å². The minimum Gasteiger partial charge on any atom is -0.363 e. The van der Waals surface area contributed by atoms with Gasteiger partial charge in [0.1, 0.15) is 11.6 Å². The average Bonchev–Trinajstić information content (AvgIpc) is 2.90. The Bertz CT molecular complexity index is 533. The van der Waals surface area contributed by atoms with Gasteiger partial charge in [0, 0.05) is 39.7 Å². The van der Waals surface area contributed by atoms with Gasteiger partial charge in [-0.3, -0.25) is 4.79 Å². The molecule has 100 valence electrons. The second kappa shape index (κ2) is 5.51. The van der Waals surface area contributed by atoms with Crippen LogP contribution in [0.2, 0.25) is 0 Å². The van der Waals surface area contributed by atoms with Gasteiger partial charge in [-0.05, 0) is 12.1 Å². The van der Waals surface area contributed by atoms with Crippen molar-refractivity contribution in [3.63, 3.8) is 0 Å². The Morgan fingerprint density at radius 3 is 2.58 bits per heavy atom. The summed E-state index contributed by atoms with van der Waals surface area (Å²) in [5.41, 5.74) is 0.569. The Morgan fingerprint density at radius 1 is 1.26 bits per heavy atom. The van der Waals surface area contributed by atoms with Gasteiger partial charge in [-0.15, -0.1) is 0 Å². The standard InChI is InChI=1S/C13H17N5O/c1-17(2)12-5-4-10(8-16-12)13(19)18(3)9-11-14-6-7-15-11/h4-8H,9H2,1-3H3,(H,14,15). The number of amides is 1. The Balaban J connectivity index is 2.06. The number of carbonyl (C=O) groups excluding carboxylic acids is 1. The van der Waals surface area contributed by atoms with Gasteiger partial charge in [0.05, 0.1) is 12.1 Å². The Hall–Kier alpha value is -2.37. The molecule has 2 heterocycles. The van der Waals surface area contributed by atoms with Crippen LogP contribution in [-0.4, -0.2) is 46.9 Å². The average molecular weight is 259 g/mol. The topological polar surface area (TPSA) is 65.1 Å². The second-order valence-corrected chi connectivity index (χ2v) is 4.50. The highest BCUT2D eigenvalue weighted by Crippen LogP contribution is 2.10. The maximum Gasteiger partial charge on any atom is 0.255 e. The van der Waals surface area contributed by atoms with E-state index in [4.69, 9.17) is 0 Å². The number of hydrogen-bond donors (Lipinski definition) is 1. The molecule has 1 N–H and O–H groups in total. The van der Waals surface area contributed by atoms with Crippen LogP contribution in [0.5, 0.6) is 0 Å². The van der Waals surface area contributed by atoms with E-state index in [0.717, 1.165) is 11.6 Å². The molecule has 0 bridgehead atoms. The van der Waals surface area contributed by atoms with E-state index in [1.807, 2.05) is 25.1 Å². The zero-order chi connectivity index (χ0) is 13.8. The predicted octanol–water partition coefficient (Wildman–Crippen LogP) is 1.14. The predicted molar refractivity (Wildman–Crippen MR) is 72.9 cm³/mol. The minimum atomic E-state index is -0.0748. The van der Waals surface area contributed by atoms with Gasteiger partial charge in [0.25, 0.3) is 5.91 Å². The normalized spacial score (nSPS) is 10.3. The van der Waals surface area contributed by atoms with Crippen LogP contribution in [0, 0.1) is 0 Å². The molecule has 2 rings (SSSR count). The van der Waals surface area contributed by atoms with Crippen molar-refractivity contribution in [2.24, 2.45) is 0 Å². The number of aromatic nitrogens is 3. The highest BCUT2D eigenvalue weighted by molar-refractivity contribution is 5.93. The number of carbonyl (C=O) groups is 1. The molecule has 2 aromatic heterocycles. The third-order valence-electron chi connectivity index (χ3n) is 2.74. The zero-order valence-electron chi connectivity index (χ0n) is 11.3. The maximum absolute atomic E-state index is 12.2. The number of hydrogen-bond acceptors (Lipinski definition) is 4. The van der Waals surface area contributed by atoms with E-state index in [1.54, 1.807) is 36.6 Å². The molecule has 6 nitrogen and oxygen atoms in total. The number of H-pyrrole nitrogens is 1. The molecule has 1 amide bonds. The minimum absolute atomic E-state index is 0.0748. The van der Waals surface area contributed by atoms with Crippen LogP contribution in [0.25, 0.3) is 0 Å². The molecule has 0 unspecified atom stereocenters. The zero-order valence-corrected chi connectivity index (χ0v) is 11.3. The summed E-state index contributed by atoms with van der Waals surface area (Å²) in [7, 11) is 5.56. The quantitative estimate of drug-likeness (QED) is 0.894. The van der Waals surface area contributed by atoms with Gasteiger partial charge in [-0.2, -0.15) is 0 Å². The lowest BCUT2D eigenvalue weighted by atomic mass is 10.2. The van der Waals surface area contributed by atoms with Crippen LogP contribution < -0.4 is 4.90 Å².